The number of carbonyl (C=O) groups is 2. The molecular formula is C31H35FN4O4. The van der Waals surface area contributed by atoms with E-state index in [0.29, 0.717) is 28.4 Å². The number of ether oxygens (including phenoxy) is 2. The third-order valence-electron chi connectivity index (χ3n) is 8.09. The average molecular weight is 547 g/mol. The molecule has 8 nitrogen and oxygen atoms in total. The van der Waals surface area contributed by atoms with Crippen LogP contribution in [0, 0.1) is 18.7 Å². The van der Waals surface area contributed by atoms with Crippen LogP contribution in [-0.4, -0.2) is 49.6 Å². The molecule has 0 radical (unpaired) electrons. The highest BCUT2D eigenvalue weighted by atomic mass is 19.1. The molecule has 2 aliphatic rings. The van der Waals surface area contributed by atoms with Gasteiger partial charge in [0.15, 0.2) is 11.6 Å². The number of amides is 2. The molecule has 1 saturated heterocycles. The quantitative estimate of drug-likeness (QED) is 0.427. The van der Waals surface area contributed by atoms with Gasteiger partial charge in [-0.2, -0.15) is 0 Å². The van der Waals surface area contributed by atoms with E-state index >= 15 is 0 Å². The lowest BCUT2D eigenvalue weighted by atomic mass is 9.92. The van der Waals surface area contributed by atoms with Crippen LogP contribution in [0.4, 0.5) is 10.2 Å². The van der Waals surface area contributed by atoms with Crippen molar-refractivity contribution in [3.8, 4) is 11.5 Å². The number of nitrogens with one attached hydrogen (secondary N) is 2. The van der Waals surface area contributed by atoms with Gasteiger partial charge < -0.3 is 25.0 Å². The monoisotopic (exact) mass is 546 g/mol. The van der Waals surface area contributed by atoms with Crippen LogP contribution in [0.1, 0.15) is 57.5 Å². The molecule has 3 aromatic rings. The number of anilines is 1. The third kappa shape index (κ3) is 5.73. The van der Waals surface area contributed by atoms with Crippen LogP contribution in [0.5, 0.6) is 11.5 Å². The molecule has 2 aromatic carbocycles. The van der Waals surface area contributed by atoms with Crippen LogP contribution in [0.3, 0.4) is 0 Å². The molecule has 1 aliphatic heterocycles. The van der Waals surface area contributed by atoms with Gasteiger partial charge >= 0.3 is 0 Å². The Morgan fingerprint density at radius 1 is 1.05 bits per heavy atom. The van der Waals surface area contributed by atoms with Crippen molar-refractivity contribution in [1.82, 2.24) is 15.6 Å². The number of hydrogen-bond acceptors (Lipinski definition) is 6. The first-order valence-corrected chi connectivity index (χ1v) is 13.7. The number of pyridine rings is 1. The largest absolute Gasteiger partial charge is 0.496 e. The standard InChI is InChI=1S/C31H35FN4O4/c1-19-24(7-4-8-27(19)39-2)31(38)35-23-15-21-6-5-13-36(26(21)16-23)29-12-10-22(18-33-29)30(37)34-17-20-9-11-28(40-3)25(32)14-20/h4,7-12,14,18,21,23,26H,5-6,13,15-17H2,1-3H3,(H,34,37)(H,35,38). The Kier molecular flexibility index (Phi) is 8.19. The maximum Gasteiger partial charge on any atom is 0.253 e. The molecule has 1 aromatic heterocycles. The van der Waals surface area contributed by atoms with Gasteiger partial charge in [0.25, 0.3) is 11.8 Å². The number of rotatable bonds is 8. The minimum absolute atomic E-state index is 0.0718. The highest BCUT2D eigenvalue weighted by molar-refractivity contribution is 5.96. The fraction of sp³-hybridized carbons (Fsp3) is 0.387. The zero-order valence-corrected chi connectivity index (χ0v) is 23.1. The predicted octanol–water partition coefficient (Wildman–Crippen LogP) is 4.65. The second kappa shape index (κ2) is 11.9. The zero-order valence-electron chi connectivity index (χ0n) is 23.1. The zero-order chi connectivity index (χ0) is 28.2. The van der Waals surface area contributed by atoms with Crippen LogP contribution in [-0.2, 0) is 6.54 Å². The molecule has 0 spiro atoms. The van der Waals surface area contributed by atoms with Crippen molar-refractivity contribution in [2.45, 2.75) is 51.2 Å². The number of nitrogens with zero attached hydrogens (tertiary/aromatic N) is 2. The lowest BCUT2D eigenvalue weighted by Crippen LogP contribution is -2.43. The SMILES string of the molecule is COc1ccc(CNC(=O)c2ccc(N3CCCC4CC(NC(=O)c5cccc(OC)c5C)CC43)nc2)cc1F. The van der Waals surface area contributed by atoms with E-state index in [1.54, 1.807) is 25.4 Å². The number of benzene rings is 2. The molecule has 2 N–H and O–H groups in total. The maximum atomic E-state index is 13.9. The summed E-state index contributed by atoms with van der Waals surface area (Å²) in [5.41, 5.74) is 2.55. The summed E-state index contributed by atoms with van der Waals surface area (Å²) in [7, 11) is 3.02. The van der Waals surface area contributed by atoms with Crippen molar-refractivity contribution in [1.29, 1.82) is 0 Å². The van der Waals surface area contributed by atoms with Crippen LogP contribution < -0.4 is 25.0 Å². The van der Waals surface area contributed by atoms with Gasteiger partial charge in [0, 0.05) is 42.5 Å². The normalized spacial score (nSPS) is 20.0. The summed E-state index contributed by atoms with van der Waals surface area (Å²) in [6.07, 6.45) is 5.55. The first-order valence-electron chi connectivity index (χ1n) is 13.7. The van der Waals surface area contributed by atoms with E-state index in [4.69, 9.17) is 9.47 Å². The highest BCUT2D eigenvalue weighted by Crippen LogP contribution is 2.39. The van der Waals surface area contributed by atoms with Gasteiger partial charge in [-0.25, -0.2) is 9.37 Å². The van der Waals surface area contributed by atoms with Gasteiger partial charge in [-0.05, 0) is 80.5 Å². The molecule has 3 atom stereocenters. The van der Waals surface area contributed by atoms with Crippen molar-refractivity contribution < 1.29 is 23.5 Å². The van der Waals surface area contributed by atoms with Crippen LogP contribution in [0.25, 0.3) is 0 Å². The summed E-state index contributed by atoms with van der Waals surface area (Å²) in [4.78, 5) is 32.7. The second-order valence-electron chi connectivity index (χ2n) is 10.5. The van der Waals surface area contributed by atoms with Crippen molar-refractivity contribution in [3.63, 3.8) is 0 Å². The molecule has 1 saturated carbocycles. The van der Waals surface area contributed by atoms with E-state index in [2.05, 4.69) is 20.5 Å². The Balaban J connectivity index is 1.20. The Bertz CT molecular complexity index is 1380. The summed E-state index contributed by atoms with van der Waals surface area (Å²) in [5.74, 6) is 1.36. The topological polar surface area (TPSA) is 92.8 Å². The Morgan fingerprint density at radius 2 is 1.88 bits per heavy atom. The van der Waals surface area contributed by atoms with Crippen LogP contribution in [0.15, 0.2) is 54.7 Å². The lowest BCUT2D eigenvalue weighted by Gasteiger charge is -2.38. The predicted molar refractivity (Wildman–Crippen MR) is 150 cm³/mol. The first-order chi connectivity index (χ1) is 19.4. The third-order valence-corrected chi connectivity index (χ3v) is 8.09. The number of methoxy groups -OCH3 is 2. The minimum atomic E-state index is -0.468. The van der Waals surface area contributed by atoms with Crippen molar-refractivity contribution in [3.05, 3.63) is 82.8 Å². The number of aromatic nitrogens is 1. The summed E-state index contributed by atoms with van der Waals surface area (Å²) in [5, 5.41) is 6.07. The van der Waals surface area contributed by atoms with Gasteiger partial charge in [0.1, 0.15) is 11.6 Å². The molecule has 40 heavy (non-hydrogen) atoms. The van der Waals surface area contributed by atoms with E-state index in [9.17, 15) is 14.0 Å². The van der Waals surface area contributed by atoms with E-state index in [1.165, 1.54) is 19.2 Å². The number of fused-ring (bicyclic) bond motifs is 1. The van der Waals surface area contributed by atoms with E-state index < -0.39 is 5.82 Å². The van der Waals surface area contributed by atoms with E-state index in [0.717, 1.165) is 43.6 Å². The molecule has 2 heterocycles. The average Bonchev–Trinajstić information content (AvgIpc) is 3.38. The Labute approximate surface area is 233 Å². The van der Waals surface area contributed by atoms with Crippen molar-refractivity contribution >= 4 is 17.6 Å². The van der Waals surface area contributed by atoms with Gasteiger partial charge in [0.2, 0.25) is 0 Å². The summed E-state index contributed by atoms with van der Waals surface area (Å²) >= 11 is 0. The minimum Gasteiger partial charge on any atom is -0.496 e. The summed E-state index contributed by atoms with van der Waals surface area (Å²) < 4.78 is 24.3. The van der Waals surface area contributed by atoms with E-state index in [-0.39, 0.29) is 36.2 Å². The van der Waals surface area contributed by atoms with E-state index in [1.807, 2.05) is 31.2 Å². The number of piperidine rings is 1. The van der Waals surface area contributed by atoms with Gasteiger partial charge in [-0.15, -0.1) is 0 Å². The summed E-state index contributed by atoms with van der Waals surface area (Å²) in [6, 6.07) is 14.2. The van der Waals surface area contributed by atoms with Gasteiger partial charge in [-0.1, -0.05) is 12.1 Å². The molecule has 9 heteroatoms. The fourth-order valence-electron chi connectivity index (χ4n) is 6.03. The van der Waals surface area contributed by atoms with Crippen molar-refractivity contribution in [2.24, 2.45) is 5.92 Å². The van der Waals surface area contributed by atoms with Crippen LogP contribution in [0.2, 0.25) is 0 Å². The molecule has 2 fully saturated rings. The molecule has 2 amide bonds. The molecule has 3 unspecified atom stereocenters. The molecular weight excluding hydrogens is 511 g/mol. The summed E-state index contributed by atoms with van der Waals surface area (Å²) in [6.45, 7) is 2.98. The first kappa shape index (κ1) is 27.4. The second-order valence-corrected chi connectivity index (χ2v) is 10.5. The Hall–Kier alpha value is -4.14. The molecule has 210 valence electrons. The highest BCUT2D eigenvalue weighted by Gasteiger charge is 2.41. The Morgan fingerprint density at radius 3 is 2.60 bits per heavy atom. The molecule has 1 aliphatic carbocycles. The molecule has 5 rings (SSSR count). The molecule has 0 bridgehead atoms. The number of halogens is 1. The van der Waals surface area contributed by atoms with Crippen LogP contribution >= 0.6 is 0 Å². The smallest absolute Gasteiger partial charge is 0.253 e. The van der Waals surface area contributed by atoms with Crippen molar-refractivity contribution in [2.75, 3.05) is 25.7 Å². The van der Waals surface area contributed by atoms with Gasteiger partial charge in [-0.3, -0.25) is 9.59 Å². The lowest BCUT2D eigenvalue weighted by molar-refractivity contribution is 0.0932. The fourth-order valence-corrected chi connectivity index (χ4v) is 6.03. The van der Waals surface area contributed by atoms with Gasteiger partial charge in [0.05, 0.1) is 19.8 Å². The maximum absolute atomic E-state index is 13.9. The number of carbonyl (C=O) groups excluding carboxylic acids is 2. The number of hydrogen-bond donors (Lipinski definition) is 2.